The third-order valence-corrected chi connectivity index (χ3v) is 3.17. The van der Waals surface area contributed by atoms with E-state index >= 15 is 0 Å². The average molecular weight is 298 g/mol. The Morgan fingerprint density at radius 2 is 2.10 bits per heavy atom. The molecule has 0 bridgehead atoms. The van der Waals surface area contributed by atoms with Gasteiger partial charge in [0, 0.05) is 23.2 Å². The fourth-order valence-corrected chi connectivity index (χ4v) is 1.95. The minimum Gasteiger partial charge on any atom is -0.492 e. The number of likely N-dealkylation sites (N-methyl/N-ethyl adjacent to an activating group) is 1. The van der Waals surface area contributed by atoms with Crippen LogP contribution in [-0.4, -0.2) is 42.2 Å². The minimum atomic E-state index is -1.00. The quantitative estimate of drug-likeness (QED) is 0.749. The van der Waals surface area contributed by atoms with Gasteiger partial charge in [-0.15, -0.1) is 0 Å². The highest BCUT2D eigenvalue weighted by molar-refractivity contribution is 6.30. The van der Waals surface area contributed by atoms with E-state index < -0.39 is 5.97 Å². The van der Waals surface area contributed by atoms with Crippen LogP contribution in [0.5, 0.6) is 5.75 Å². The molecular weight excluding hydrogens is 278 g/mol. The summed E-state index contributed by atoms with van der Waals surface area (Å²) in [6.45, 7) is 7.55. The molecule has 110 valence electrons. The number of hydrogen-bond donors (Lipinski definition) is 1. The first-order valence-electron chi connectivity index (χ1n) is 6.62. The summed E-state index contributed by atoms with van der Waals surface area (Å²) in [5.74, 6) is -0.363. The van der Waals surface area contributed by atoms with Crippen LogP contribution >= 0.6 is 11.6 Å². The van der Waals surface area contributed by atoms with Crippen LogP contribution in [0.25, 0.3) is 6.08 Å². The number of aliphatic carboxylic acids is 1. The molecule has 0 amide bonds. The molecule has 1 N–H and O–H groups in total. The van der Waals surface area contributed by atoms with Crippen LogP contribution in [0.4, 0.5) is 0 Å². The molecule has 0 heterocycles. The summed E-state index contributed by atoms with van der Waals surface area (Å²) < 4.78 is 5.71. The number of hydrogen-bond acceptors (Lipinski definition) is 3. The van der Waals surface area contributed by atoms with Crippen LogP contribution in [-0.2, 0) is 4.79 Å². The van der Waals surface area contributed by atoms with Crippen molar-refractivity contribution >= 4 is 23.6 Å². The van der Waals surface area contributed by atoms with Crippen molar-refractivity contribution in [2.75, 3.05) is 26.2 Å². The van der Waals surface area contributed by atoms with E-state index in [1.807, 2.05) is 0 Å². The van der Waals surface area contributed by atoms with Crippen molar-refractivity contribution in [2.45, 2.75) is 13.8 Å². The summed E-state index contributed by atoms with van der Waals surface area (Å²) in [5.41, 5.74) is 0.666. The smallest absolute Gasteiger partial charge is 0.328 e. The second-order valence-corrected chi connectivity index (χ2v) is 4.67. The second-order valence-electron chi connectivity index (χ2n) is 4.23. The van der Waals surface area contributed by atoms with Gasteiger partial charge >= 0.3 is 5.97 Å². The molecule has 4 nitrogen and oxygen atoms in total. The lowest BCUT2D eigenvalue weighted by molar-refractivity contribution is -0.131. The van der Waals surface area contributed by atoms with Gasteiger partial charge in [0.25, 0.3) is 0 Å². The highest BCUT2D eigenvalue weighted by Gasteiger charge is 2.04. The van der Waals surface area contributed by atoms with E-state index in [4.69, 9.17) is 21.4 Å². The zero-order valence-electron chi connectivity index (χ0n) is 11.8. The second kappa shape index (κ2) is 8.61. The zero-order valence-corrected chi connectivity index (χ0v) is 12.6. The standard InChI is InChI=1S/C15H20ClNO3/c1-3-17(4-2)9-10-20-14-7-6-13(16)11-12(14)5-8-15(18)19/h5-8,11H,3-4,9-10H2,1-2H3,(H,18,19). The SMILES string of the molecule is CCN(CC)CCOc1ccc(Cl)cc1C=CC(=O)O. The van der Waals surface area contributed by atoms with Crippen molar-refractivity contribution in [1.29, 1.82) is 0 Å². The first-order valence-corrected chi connectivity index (χ1v) is 7.00. The molecule has 0 aliphatic rings. The maximum atomic E-state index is 10.6. The van der Waals surface area contributed by atoms with Crippen LogP contribution in [0.15, 0.2) is 24.3 Å². The van der Waals surface area contributed by atoms with E-state index in [0.29, 0.717) is 22.9 Å². The Kier molecular flexibility index (Phi) is 7.12. The minimum absolute atomic E-state index is 0.547. The van der Waals surface area contributed by atoms with Gasteiger partial charge in [0.15, 0.2) is 0 Å². The van der Waals surface area contributed by atoms with E-state index in [1.165, 1.54) is 6.08 Å². The Balaban J connectivity index is 2.71. The van der Waals surface area contributed by atoms with Gasteiger partial charge in [-0.3, -0.25) is 0 Å². The van der Waals surface area contributed by atoms with Gasteiger partial charge in [0.05, 0.1) is 0 Å². The van der Waals surface area contributed by atoms with Gasteiger partial charge in [-0.25, -0.2) is 4.79 Å². The van der Waals surface area contributed by atoms with Gasteiger partial charge in [-0.05, 0) is 37.4 Å². The number of rotatable bonds is 8. The molecule has 0 radical (unpaired) electrons. The Labute approximate surface area is 124 Å². The van der Waals surface area contributed by atoms with Crippen molar-refractivity contribution in [2.24, 2.45) is 0 Å². The molecule has 0 unspecified atom stereocenters. The number of nitrogens with zero attached hydrogens (tertiary/aromatic N) is 1. The molecule has 0 aliphatic carbocycles. The summed E-state index contributed by atoms with van der Waals surface area (Å²) in [6, 6.07) is 5.17. The van der Waals surface area contributed by atoms with Crippen molar-refractivity contribution < 1.29 is 14.6 Å². The Morgan fingerprint density at radius 3 is 2.70 bits per heavy atom. The van der Waals surface area contributed by atoms with E-state index in [0.717, 1.165) is 25.7 Å². The van der Waals surface area contributed by atoms with E-state index in [1.54, 1.807) is 18.2 Å². The lowest BCUT2D eigenvalue weighted by Crippen LogP contribution is -2.28. The third-order valence-electron chi connectivity index (χ3n) is 2.94. The highest BCUT2D eigenvalue weighted by atomic mass is 35.5. The largest absolute Gasteiger partial charge is 0.492 e. The highest BCUT2D eigenvalue weighted by Crippen LogP contribution is 2.24. The maximum Gasteiger partial charge on any atom is 0.328 e. The van der Waals surface area contributed by atoms with Crippen LogP contribution in [0, 0.1) is 0 Å². The summed E-state index contributed by atoms with van der Waals surface area (Å²) >= 11 is 5.92. The lowest BCUT2D eigenvalue weighted by atomic mass is 10.2. The van der Waals surface area contributed by atoms with E-state index in [9.17, 15) is 4.79 Å². The van der Waals surface area contributed by atoms with Gasteiger partial charge < -0.3 is 14.7 Å². The normalized spacial score (nSPS) is 11.2. The number of ether oxygens (including phenoxy) is 1. The fourth-order valence-electron chi connectivity index (χ4n) is 1.77. The molecule has 0 saturated carbocycles. The maximum absolute atomic E-state index is 10.6. The number of carbonyl (C=O) groups is 1. The number of halogens is 1. The van der Waals surface area contributed by atoms with Gasteiger partial charge in [0.2, 0.25) is 0 Å². The molecule has 20 heavy (non-hydrogen) atoms. The van der Waals surface area contributed by atoms with Crippen molar-refractivity contribution in [3.05, 3.63) is 34.9 Å². The van der Waals surface area contributed by atoms with Gasteiger partial charge in [0.1, 0.15) is 12.4 Å². The van der Waals surface area contributed by atoms with Gasteiger partial charge in [-0.2, -0.15) is 0 Å². The van der Waals surface area contributed by atoms with E-state index in [2.05, 4.69) is 18.7 Å². The lowest BCUT2D eigenvalue weighted by Gasteiger charge is -2.18. The van der Waals surface area contributed by atoms with Crippen molar-refractivity contribution in [3.8, 4) is 5.75 Å². The molecule has 0 saturated heterocycles. The predicted molar refractivity (Wildman–Crippen MR) is 81.4 cm³/mol. The molecule has 1 aromatic carbocycles. The first kappa shape index (κ1) is 16.5. The fraction of sp³-hybridized carbons (Fsp3) is 0.400. The summed E-state index contributed by atoms with van der Waals surface area (Å²) in [7, 11) is 0. The Hall–Kier alpha value is -1.52. The molecule has 1 aromatic rings. The van der Waals surface area contributed by atoms with Gasteiger partial charge in [-0.1, -0.05) is 25.4 Å². The monoisotopic (exact) mass is 297 g/mol. The van der Waals surface area contributed by atoms with Crippen LogP contribution in [0.3, 0.4) is 0 Å². The average Bonchev–Trinajstić information content (AvgIpc) is 2.43. The molecule has 0 aromatic heterocycles. The Bertz CT molecular complexity index is 470. The van der Waals surface area contributed by atoms with Crippen LogP contribution in [0.2, 0.25) is 5.02 Å². The summed E-state index contributed by atoms with van der Waals surface area (Å²) in [5, 5.41) is 9.23. The number of benzene rings is 1. The molecule has 5 heteroatoms. The summed E-state index contributed by atoms with van der Waals surface area (Å²) in [6.07, 6.45) is 2.56. The Morgan fingerprint density at radius 1 is 1.40 bits per heavy atom. The summed E-state index contributed by atoms with van der Waals surface area (Å²) in [4.78, 5) is 12.8. The molecular formula is C15H20ClNO3. The molecule has 0 aliphatic heterocycles. The number of carboxylic acid groups (broad SMARTS) is 1. The zero-order chi connectivity index (χ0) is 15.0. The molecule has 0 spiro atoms. The van der Waals surface area contributed by atoms with Crippen molar-refractivity contribution in [3.63, 3.8) is 0 Å². The first-order chi connectivity index (χ1) is 9.56. The number of carboxylic acids is 1. The van der Waals surface area contributed by atoms with Crippen molar-refractivity contribution in [1.82, 2.24) is 4.90 Å². The van der Waals surface area contributed by atoms with E-state index in [-0.39, 0.29) is 0 Å². The van der Waals surface area contributed by atoms with Crippen LogP contribution in [0.1, 0.15) is 19.4 Å². The van der Waals surface area contributed by atoms with Crippen LogP contribution < -0.4 is 4.74 Å². The molecule has 1 rings (SSSR count). The molecule has 0 fully saturated rings. The molecule has 0 atom stereocenters. The third kappa shape index (κ3) is 5.63. The predicted octanol–water partition coefficient (Wildman–Crippen LogP) is 3.16. The topological polar surface area (TPSA) is 49.8 Å².